The molecule has 4 heteroatoms. The maximum absolute atomic E-state index is 10.2. The second-order valence-electron chi connectivity index (χ2n) is 2.30. The molecule has 1 aliphatic heterocycles. The van der Waals surface area contributed by atoms with Crippen LogP contribution in [0.4, 0.5) is 0 Å². The van der Waals surface area contributed by atoms with Crippen LogP contribution in [0.2, 0.25) is 0 Å². The average molecular weight is 146 g/mol. The Morgan fingerprint density at radius 1 is 1.70 bits per heavy atom. The van der Waals surface area contributed by atoms with E-state index in [2.05, 4.69) is 0 Å². The summed E-state index contributed by atoms with van der Waals surface area (Å²) in [4.78, 5) is 1.73. The molecule has 0 saturated carbocycles. The predicted molar refractivity (Wildman–Crippen MR) is 34.0 cm³/mol. The largest absolute Gasteiger partial charge is 0.376 e. The number of rotatable bonds is 2. The molecule has 1 radical (unpaired) electrons. The van der Waals surface area contributed by atoms with Crippen molar-refractivity contribution in [2.45, 2.75) is 6.23 Å². The number of hydrogen-bond donors (Lipinski definition) is 1. The van der Waals surface area contributed by atoms with Gasteiger partial charge in [-0.3, -0.25) is 4.90 Å². The van der Waals surface area contributed by atoms with Gasteiger partial charge in [-0.05, 0) is 0 Å². The molecule has 1 rings (SSSR count). The zero-order chi connectivity index (χ0) is 7.40. The van der Waals surface area contributed by atoms with Crippen molar-refractivity contribution in [3.8, 4) is 0 Å². The van der Waals surface area contributed by atoms with Crippen molar-refractivity contribution < 1.29 is 14.9 Å². The summed E-state index contributed by atoms with van der Waals surface area (Å²) in [5, 5.41) is 19.3. The molecule has 1 unspecified atom stereocenters. The van der Waals surface area contributed by atoms with Crippen molar-refractivity contribution in [3.63, 3.8) is 0 Å². The van der Waals surface area contributed by atoms with Gasteiger partial charge in [-0.2, -0.15) is 0 Å². The van der Waals surface area contributed by atoms with Crippen LogP contribution in [0.25, 0.3) is 0 Å². The SMILES string of the molecule is [O]CCN1CCOCC1O. The predicted octanol–water partition coefficient (Wildman–Crippen LogP) is -0.932. The first-order chi connectivity index (χ1) is 4.84. The van der Waals surface area contributed by atoms with Crippen molar-refractivity contribution in [3.05, 3.63) is 0 Å². The molecule has 4 nitrogen and oxygen atoms in total. The van der Waals surface area contributed by atoms with Crippen LogP contribution < -0.4 is 0 Å². The van der Waals surface area contributed by atoms with Gasteiger partial charge in [-0.15, -0.1) is 0 Å². The van der Waals surface area contributed by atoms with Gasteiger partial charge in [0.1, 0.15) is 6.23 Å². The lowest BCUT2D eigenvalue weighted by molar-refractivity contribution is -0.110. The first-order valence-electron chi connectivity index (χ1n) is 3.42. The number of aliphatic hydroxyl groups excluding tert-OH is 1. The minimum atomic E-state index is -0.567. The first kappa shape index (κ1) is 7.94. The lowest BCUT2D eigenvalue weighted by Crippen LogP contribution is -2.46. The van der Waals surface area contributed by atoms with Crippen LogP contribution in [-0.2, 0) is 9.84 Å². The van der Waals surface area contributed by atoms with E-state index in [4.69, 9.17) is 9.84 Å². The van der Waals surface area contributed by atoms with Gasteiger partial charge in [-0.25, -0.2) is 5.11 Å². The maximum Gasteiger partial charge on any atom is 0.131 e. The van der Waals surface area contributed by atoms with E-state index in [1.54, 1.807) is 4.90 Å². The molecule has 1 heterocycles. The van der Waals surface area contributed by atoms with E-state index in [0.29, 0.717) is 26.3 Å². The molecule has 0 aromatic rings. The zero-order valence-corrected chi connectivity index (χ0v) is 5.82. The zero-order valence-electron chi connectivity index (χ0n) is 5.82. The van der Waals surface area contributed by atoms with Gasteiger partial charge in [-0.1, -0.05) is 0 Å². The van der Waals surface area contributed by atoms with E-state index >= 15 is 0 Å². The number of nitrogens with zero attached hydrogens (tertiary/aromatic N) is 1. The Labute approximate surface area is 60.0 Å². The maximum atomic E-state index is 10.2. The summed E-state index contributed by atoms with van der Waals surface area (Å²) >= 11 is 0. The summed E-state index contributed by atoms with van der Waals surface area (Å²) in [6.45, 7) is 1.89. The number of morpholine rings is 1. The number of aliphatic hydroxyl groups is 1. The molecule has 0 spiro atoms. The first-order valence-corrected chi connectivity index (χ1v) is 3.42. The van der Waals surface area contributed by atoms with Gasteiger partial charge in [0.2, 0.25) is 0 Å². The topological polar surface area (TPSA) is 52.6 Å². The van der Waals surface area contributed by atoms with Crippen LogP contribution in [-0.4, -0.2) is 49.1 Å². The lowest BCUT2D eigenvalue weighted by atomic mass is 10.4. The fraction of sp³-hybridized carbons (Fsp3) is 1.00. The molecule has 1 saturated heterocycles. The Morgan fingerprint density at radius 2 is 2.50 bits per heavy atom. The Morgan fingerprint density at radius 3 is 3.10 bits per heavy atom. The minimum absolute atomic E-state index is 0.156. The Kier molecular flexibility index (Phi) is 3.08. The summed E-state index contributed by atoms with van der Waals surface area (Å²) in [5.41, 5.74) is 0. The molecule has 10 heavy (non-hydrogen) atoms. The van der Waals surface area contributed by atoms with Crippen molar-refractivity contribution in [1.82, 2.24) is 4.90 Å². The Bertz CT molecular complexity index is 97.0. The summed E-state index contributed by atoms with van der Waals surface area (Å²) in [6.07, 6.45) is -0.567. The highest BCUT2D eigenvalue weighted by Crippen LogP contribution is 2.01. The van der Waals surface area contributed by atoms with E-state index in [-0.39, 0.29) is 6.61 Å². The third kappa shape index (κ3) is 1.91. The Hall–Kier alpha value is -0.160. The second kappa shape index (κ2) is 3.88. The monoisotopic (exact) mass is 146 g/mol. The molecule has 0 aromatic heterocycles. The quantitative estimate of drug-likeness (QED) is 0.547. The van der Waals surface area contributed by atoms with Crippen molar-refractivity contribution in [1.29, 1.82) is 0 Å². The second-order valence-corrected chi connectivity index (χ2v) is 2.30. The van der Waals surface area contributed by atoms with Crippen LogP contribution in [0.1, 0.15) is 0 Å². The van der Waals surface area contributed by atoms with E-state index in [0.717, 1.165) is 0 Å². The standard InChI is InChI=1S/C6H12NO3/c8-3-1-7-2-4-10-5-6(7)9/h6,9H,1-5H2. The third-order valence-electron chi connectivity index (χ3n) is 1.59. The fourth-order valence-electron chi connectivity index (χ4n) is 1.00. The molecule has 0 aromatic carbocycles. The number of ether oxygens (including phenoxy) is 1. The third-order valence-corrected chi connectivity index (χ3v) is 1.59. The van der Waals surface area contributed by atoms with Crippen molar-refractivity contribution >= 4 is 0 Å². The van der Waals surface area contributed by atoms with Crippen LogP contribution >= 0.6 is 0 Å². The summed E-state index contributed by atoms with van der Waals surface area (Å²) < 4.78 is 4.96. The average Bonchev–Trinajstić information content (AvgIpc) is 1.94. The summed E-state index contributed by atoms with van der Waals surface area (Å²) in [5.74, 6) is 0. The van der Waals surface area contributed by atoms with E-state index in [9.17, 15) is 5.11 Å². The van der Waals surface area contributed by atoms with Gasteiger partial charge in [0.05, 0.1) is 19.8 Å². The van der Waals surface area contributed by atoms with Crippen LogP contribution in [0.3, 0.4) is 0 Å². The summed E-state index contributed by atoms with van der Waals surface area (Å²) in [6, 6.07) is 0. The lowest BCUT2D eigenvalue weighted by Gasteiger charge is -2.30. The van der Waals surface area contributed by atoms with E-state index in [1.165, 1.54) is 0 Å². The molecule has 1 N–H and O–H groups in total. The van der Waals surface area contributed by atoms with Gasteiger partial charge in [0.15, 0.2) is 0 Å². The number of hydrogen-bond acceptors (Lipinski definition) is 3. The van der Waals surface area contributed by atoms with E-state index < -0.39 is 6.23 Å². The fourth-order valence-corrected chi connectivity index (χ4v) is 1.00. The normalized spacial score (nSPS) is 28.8. The highest BCUT2D eigenvalue weighted by molar-refractivity contribution is 4.64. The van der Waals surface area contributed by atoms with Crippen LogP contribution in [0, 0.1) is 0 Å². The molecule has 0 amide bonds. The molecule has 1 atom stereocenters. The molecule has 1 aliphatic rings. The van der Waals surface area contributed by atoms with Gasteiger partial charge in [0, 0.05) is 13.1 Å². The molecule has 0 bridgehead atoms. The van der Waals surface area contributed by atoms with Crippen molar-refractivity contribution in [2.24, 2.45) is 0 Å². The van der Waals surface area contributed by atoms with Crippen LogP contribution in [0.5, 0.6) is 0 Å². The molecule has 59 valence electrons. The molecular formula is C6H12NO3. The van der Waals surface area contributed by atoms with Crippen molar-refractivity contribution in [2.75, 3.05) is 32.9 Å². The smallest absolute Gasteiger partial charge is 0.131 e. The van der Waals surface area contributed by atoms with E-state index in [1.807, 2.05) is 0 Å². The molecule has 1 fully saturated rings. The highest BCUT2D eigenvalue weighted by Gasteiger charge is 2.18. The van der Waals surface area contributed by atoms with Gasteiger partial charge >= 0.3 is 0 Å². The van der Waals surface area contributed by atoms with Crippen LogP contribution in [0.15, 0.2) is 0 Å². The molecular weight excluding hydrogens is 134 g/mol. The Balaban J connectivity index is 2.25. The highest BCUT2D eigenvalue weighted by atomic mass is 16.5. The molecule has 0 aliphatic carbocycles. The minimum Gasteiger partial charge on any atom is -0.376 e. The van der Waals surface area contributed by atoms with Gasteiger partial charge in [0.25, 0.3) is 0 Å². The summed E-state index contributed by atoms with van der Waals surface area (Å²) in [7, 11) is 0. The van der Waals surface area contributed by atoms with Gasteiger partial charge < -0.3 is 9.84 Å².